The summed E-state index contributed by atoms with van der Waals surface area (Å²) in [5.41, 5.74) is 2.22. The molecule has 0 fully saturated rings. The molecule has 0 amide bonds. The zero-order valence-corrected chi connectivity index (χ0v) is 16.9. The molecular formula is C19H22Cl3NO3. The molecule has 0 aliphatic heterocycles. The molecule has 2 unspecified atom stereocenters. The lowest BCUT2D eigenvalue weighted by Gasteiger charge is -2.18. The van der Waals surface area contributed by atoms with E-state index in [0.29, 0.717) is 27.7 Å². The Bertz CT molecular complexity index is 722. The first-order valence-electron chi connectivity index (χ1n) is 7.95. The molecule has 0 spiro atoms. The minimum Gasteiger partial charge on any atom is -0.465 e. The lowest BCUT2D eigenvalue weighted by molar-refractivity contribution is 0.0600. The maximum Gasteiger partial charge on any atom is 0.337 e. The van der Waals surface area contributed by atoms with Crippen LogP contribution in [0.1, 0.15) is 34.5 Å². The maximum absolute atomic E-state index is 11.4. The third kappa shape index (κ3) is 6.15. The van der Waals surface area contributed by atoms with Crippen LogP contribution in [-0.4, -0.2) is 30.8 Å². The molecule has 0 aromatic heterocycles. The summed E-state index contributed by atoms with van der Waals surface area (Å²) < 4.78 is 4.68. The van der Waals surface area contributed by atoms with E-state index in [2.05, 4.69) is 10.1 Å². The normalized spacial score (nSPS) is 12.8. The molecule has 2 atom stereocenters. The molecule has 2 aromatic carbocycles. The molecule has 4 nitrogen and oxygen atoms in total. The SMILES string of the molecule is COC(=O)c1ccc(CC(C)NCC(O)c2cccc(Cl)c2Cl)cc1.Cl. The smallest absolute Gasteiger partial charge is 0.337 e. The Morgan fingerprint density at radius 2 is 1.85 bits per heavy atom. The van der Waals surface area contributed by atoms with E-state index in [1.165, 1.54) is 7.11 Å². The van der Waals surface area contributed by atoms with Gasteiger partial charge in [-0.05, 0) is 37.1 Å². The van der Waals surface area contributed by atoms with Crippen molar-refractivity contribution in [2.75, 3.05) is 13.7 Å². The summed E-state index contributed by atoms with van der Waals surface area (Å²) in [6.45, 7) is 2.39. The van der Waals surface area contributed by atoms with Crippen LogP contribution in [0.25, 0.3) is 0 Å². The molecule has 26 heavy (non-hydrogen) atoms. The van der Waals surface area contributed by atoms with Crippen molar-refractivity contribution in [2.45, 2.75) is 25.5 Å². The van der Waals surface area contributed by atoms with E-state index < -0.39 is 6.10 Å². The van der Waals surface area contributed by atoms with Gasteiger partial charge in [0.05, 0.1) is 28.8 Å². The minimum atomic E-state index is -0.740. The van der Waals surface area contributed by atoms with Crippen molar-refractivity contribution in [3.05, 3.63) is 69.2 Å². The highest BCUT2D eigenvalue weighted by Gasteiger charge is 2.15. The number of hydrogen-bond acceptors (Lipinski definition) is 4. The van der Waals surface area contributed by atoms with Gasteiger partial charge in [0, 0.05) is 18.2 Å². The summed E-state index contributed by atoms with van der Waals surface area (Å²) in [5.74, 6) is -0.348. The van der Waals surface area contributed by atoms with Crippen molar-refractivity contribution >= 4 is 41.6 Å². The number of benzene rings is 2. The minimum absolute atomic E-state index is 0. The van der Waals surface area contributed by atoms with Gasteiger partial charge in [-0.2, -0.15) is 0 Å². The van der Waals surface area contributed by atoms with Crippen LogP contribution in [0.3, 0.4) is 0 Å². The van der Waals surface area contributed by atoms with Gasteiger partial charge in [0.25, 0.3) is 0 Å². The lowest BCUT2D eigenvalue weighted by atomic mass is 10.0. The molecule has 0 saturated heterocycles. The number of nitrogens with one attached hydrogen (secondary N) is 1. The summed E-state index contributed by atoms with van der Waals surface area (Å²) in [7, 11) is 1.36. The van der Waals surface area contributed by atoms with Crippen molar-refractivity contribution < 1.29 is 14.6 Å². The first-order chi connectivity index (χ1) is 11.9. The predicted octanol–water partition coefficient (Wildman–Crippen LogP) is 4.46. The Morgan fingerprint density at radius 3 is 2.46 bits per heavy atom. The van der Waals surface area contributed by atoms with Crippen molar-refractivity contribution in [3.63, 3.8) is 0 Å². The average Bonchev–Trinajstić information content (AvgIpc) is 2.62. The Balaban J connectivity index is 0.00000338. The van der Waals surface area contributed by atoms with Crippen molar-refractivity contribution in [2.24, 2.45) is 0 Å². The fourth-order valence-electron chi connectivity index (χ4n) is 2.52. The molecule has 142 valence electrons. The van der Waals surface area contributed by atoms with E-state index in [1.807, 2.05) is 19.1 Å². The molecule has 0 aliphatic rings. The molecule has 0 radical (unpaired) electrons. The Kier molecular flexibility index (Phi) is 9.41. The van der Waals surface area contributed by atoms with E-state index in [0.717, 1.165) is 12.0 Å². The van der Waals surface area contributed by atoms with Gasteiger partial charge in [-0.3, -0.25) is 0 Å². The third-order valence-corrected chi connectivity index (χ3v) is 4.75. The molecule has 0 heterocycles. The topological polar surface area (TPSA) is 58.6 Å². The first-order valence-corrected chi connectivity index (χ1v) is 8.70. The van der Waals surface area contributed by atoms with Gasteiger partial charge in [0.2, 0.25) is 0 Å². The Morgan fingerprint density at radius 1 is 1.19 bits per heavy atom. The number of ether oxygens (including phenoxy) is 1. The fraction of sp³-hybridized carbons (Fsp3) is 0.316. The number of carbonyl (C=O) groups is 1. The van der Waals surface area contributed by atoms with Gasteiger partial charge in [-0.25, -0.2) is 4.79 Å². The number of aliphatic hydroxyl groups is 1. The van der Waals surface area contributed by atoms with Crippen LogP contribution in [0.2, 0.25) is 10.0 Å². The number of methoxy groups -OCH3 is 1. The Hall–Kier alpha value is -1.30. The molecule has 7 heteroatoms. The number of rotatable bonds is 7. The van der Waals surface area contributed by atoms with Crippen molar-refractivity contribution in [1.29, 1.82) is 0 Å². The molecule has 2 aromatic rings. The fourth-order valence-corrected chi connectivity index (χ4v) is 2.95. The van der Waals surface area contributed by atoms with Crippen molar-refractivity contribution in [3.8, 4) is 0 Å². The second kappa shape index (κ2) is 10.8. The predicted molar refractivity (Wildman–Crippen MR) is 108 cm³/mol. The summed E-state index contributed by atoms with van der Waals surface area (Å²) in [5, 5.41) is 14.4. The van der Waals surface area contributed by atoms with Crippen LogP contribution in [-0.2, 0) is 11.2 Å². The van der Waals surface area contributed by atoms with Gasteiger partial charge in [-0.15, -0.1) is 12.4 Å². The monoisotopic (exact) mass is 417 g/mol. The highest BCUT2D eigenvalue weighted by Crippen LogP contribution is 2.29. The van der Waals surface area contributed by atoms with Crippen LogP contribution in [0.15, 0.2) is 42.5 Å². The quantitative estimate of drug-likeness (QED) is 0.652. The van der Waals surface area contributed by atoms with Gasteiger partial charge in [0.15, 0.2) is 0 Å². The molecular weight excluding hydrogens is 397 g/mol. The van der Waals surface area contributed by atoms with E-state index in [9.17, 15) is 9.90 Å². The second-order valence-corrected chi connectivity index (χ2v) is 6.65. The number of hydrogen-bond donors (Lipinski definition) is 2. The Labute approximate surface area is 169 Å². The van der Waals surface area contributed by atoms with Gasteiger partial charge >= 0.3 is 5.97 Å². The van der Waals surface area contributed by atoms with Crippen LogP contribution < -0.4 is 5.32 Å². The summed E-state index contributed by atoms with van der Waals surface area (Å²) >= 11 is 12.1. The summed E-state index contributed by atoms with van der Waals surface area (Å²) in [6.07, 6.45) is 0.0209. The highest BCUT2D eigenvalue weighted by molar-refractivity contribution is 6.42. The number of halogens is 3. The lowest BCUT2D eigenvalue weighted by Crippen LogP contribution is -2.32. The summed E-state index contributed by atoms with van der Waals surface area (Å²) in [4.78, 5) is 11.4. The second-order valence-electron chi connectivity index (χ2n) is 5.86. The number of esters is 1. The van der Waals surface area contributed by atoms with E-state index in [1.54, 1.807) is 30.3 Å². The standard InChI is InChI=1S/C19H21Cl2NO3.ClH/c1-12(10-13-6-8-14(9-7-13)19(24)25-2)22-11-17(23)15-4-3-5-16(20)18(15)21;/h3-9,12,17,22-23H,10-11H2,1-2H3;1H. The zero-order valence-electron chi connectivity index (χ0n) is 14.5. The molecule has 0 aliphatic carbocycles. The van der Waals surface area contributed by atoms with E-state index >= 15 is 0 Å². The largest absolute Gasteiger partial charge is 0.465 e. The molecule has 0 bridgehead atoms. The van der Waals surface area contributed by atoms with Crippen LogP contribution in [0.4, 0.5) is 0 Å². The van der Waals surface area contributed by atoms with Crippen LogP contribution in [0, 0.1) is 0 Å². The van der Waals surface area contributed by atoms with Crippen LogP contribution in [0.5, 0.6) is 0 Å². The number of carbonyl (C=O) groups excluding carboxylic acids is 1. The number of aliphatic hydroxyl groups excluding tert-OH is 1. The van der Waals surface area contributed by atoms with Crippen LogP contribution >= 0.6 is 35.6 Å². The van der Waals surface area contributed by atoms with Crippen molar-refractivity contribution in [1.82, 2.24) is 5.32 Å². The maximum atomic E-state index is 11.4. The highest BCUT2D eigenvalue weighted by atomic mass is 35.5. The molecule has 2 rings (SSSR count). The summed E-state index contributed by atoms with van der Waals surface area (Å²) in [6, 6.07) is 12.6. The first kappa shape index (κ1) is 22.7. The van der Waals surface area contributed by atoms with Gasteiger partial charge in [-0.1, -0.05) is 47.5 Å². The van der Waals surface area contributed by atoms with E-state index in [-0.39, 0.29) is 24.4 Å². The molecule has 0 saturated carbocycles. The average molecular weight is 419 g/mol. The molecule has 2 N–H and O–H groups in total. The van der Waals surface area contributed by atoms with Gasteiger partial charge < -0.3 is 15.2 Å². The zero-order chi connectivity index (χ0) is 18.4. The van der Waals surface area contributed by atoms with E-state index in [4.69, 9.17) is 23.2 Å². The van der Waals surface area contributed by atoms with Gasteiger partial charge in [0.1, 0.15) is 0 Å². The third-order valence-electron chi connectivity index (χ3n) is 3.92.